The van der Waals surface area contributed by atoms with Gasteiger partial charge in [-0.2, -0.15) is 0 Å². The molecule has 1 aromatic heterocycles. The van der Waals surface area contributed by atoms with E-state index in [1.807, 2.05) is 4.57 Å². The molecular formula is C6H6N2OS. The zero-order valence-electron chi connectivity index (χ0n) is 5.28. The Labute approximate surface area is 62.4 Å². The van der Waals surface area contributed by atoms with E-state index in [0.717, 1.165) is 23.7 Å². The van der Waals surface area contributed by atoms with Crippen molar-refractivity contribution < 1.29 is 4.79 Å². The summed E-state index contributed by atoms with van der Waals surface area (Å²) in [7, 11) is 0. The minimum absolute atomic E-state index is 0.694. The topological polar surface area (TPSA) is 34.9 Å². The van der Waals surface area contributed by atoms with Gasteiger partial charge >= 0.3 is 0 Å². The Bertz CT molecular complexity index is 269. The van der Waals surface area contributed by atoms with Crippen molar-refractivity contribution in [1.82, 2.24) is 9.55 Å². The molecule has 3 nitrogen and oxygen atoms in total. The predicted molar refractivity (Wildman–Crippen MR) is 38.3 cm³/mol. The summed E-state index contributed by atoms with van der Waals surface area (Å²) >= 11 is 1.70. The van der Waals surface area contributed by atoms with Gasteiger partial charge in [-0.05, 0) is 0 Å². The van der Waals surface area contributed by atoms with Crippen LogP contribution >= 0.6 is 11.8 Å². The molecule has 0 bridgehead atoms. The summed E-state index contributed by atoms with van der Waals surface area (Å²) in [4.78, 5) is 14.4. The van der Waals surface area contributed by atoms with Gasteiger partial charge in [-0.3, -0.25) is 4.79 Å². The van der Waals surface area contributed by atoms with Gasteiger partial charge in [0.2, 0.25) is 0 Å². The van der Waals surface area contributed by atoms with Crippen molar-refractivity contribution in [2.75, 3.05) is 5.75 Å². The first kappa shape index (κ1) is 5.97. The fourth-order valence-corrected chi connectivity index (χ4v) is 1.97. The quantitative estimate of drug-likeness (QED) is 0.561. The monoisotopic (exact) mass is 154 g/mol. The maximum atomic E-state index is 10.4. The van der Waals surface area contributed by atoms with Crippen LogP contribution in [0.2, 0.25) is 0 Å². The van der Waals surface area contributed by atoms with Crippen molar-refractivity contribution in [3.8, 4) is 0 Å². The highest BCUT2D eigenvalue weighted by Crippen LogP contribution is 2.24. The largest absolute Gasteiger partial charge is 0.316 e. The standard InChI is InChI=1S/C6H6N2OS/c9-4-5-3-7-6-8(5)1-2-10-6/h3-4H,1-2H2. The summed E-state index contributed by atoms with van der Waals surface area (Å²) in [5, 5.41) is 0.974. The van der Waals surface area contributed by atoms with Gasteiger partial charge in [-0.1, -0.05) is 11.8 Å². The highest BCUT2D eigenvalue weighted by Gasteiger charge is 2.14. The lowest BCUT2D eigenvalue weighted by Gasteiger charge is -1.93. The molecule has 1 aromatic rings. The van der Waals surface area contributed by atoms with Crippen molar-refractivity contribution in [3.63, 3.8) is 0 Å². The van der Waals surface area contributed by atoms with E-state index in [1.165, 1.54) is 0 Å². The maximum Gasteiger partial charge on any atom is 0.168 e. The van der Waals surface area contributed by atoms with Crippen LogP contribution in [-0.4, -0.2) is 21.6 Å². The molecule has 0 saturated heterocycles. The maximum absolute atomic E-state index is 10.4. The fraction of sp³-hybridized carbons (Fsp3) is 0.333. The van der Waals surface area contributed by atoms with E-state index in [9.17, 15) is 4.79 Å². The lowest BCUT2D eigenvalue weighted by atomic mass is 10.5. The van der Waals surface area contributed by atoms with E-state index in [1.54, 1.807) is 18.0 Å². The van der Waals surface area contributed by atoms with Gasteiger partial charge in [0, 0.05) is 12.3 Å². The zero-order valence-corrected chi connectivity index (χ0v) is 6.10. The highest BCUT2D eigenvalue weighted by molar-refractivity contribution is 7.99. The number of aldehydes is 1. The van der Waals surface area contributed by atoms with Gasteiger partial charge in [0.1, 0.15) is 5.69 Å². The van der Waals surface area contributed by atoms with E-state index >= 15 is 0 Å². The molecule has 0 radical (unpaired) electrons. The van der Waals surface area contributed by atoms with Crippen LogP contribution in [0.3, 0.4) is 0 Å². The third-order valence-electron chi connectivity index (χ3n) is 1.52. The number of imidazole rings is 1. The molecule has 4 heteroatoms. The summed E-state index contributed by atoms with van der Waals surface area (Å²) in [6.07, 6.45) is 2.47. The second kappa shape index (κ2) is 2.12. The number of nitrogens with zero attached hydrogens (tertiary/aromatic N) is 2. The van der Waals surface area contributed by atoms with E-state index < -0.39 is 0 Å². The second-order valence-corrected chi connectivity index (χ2v) is 3.15. The molecule has 0 N–H and O–H groups in total. The molecule has 2 rings (SSSR count). The number of rotatable bonds is 1. The van der Waals surface area contributed by atoms with Crippen LogP contribution in [-0.2, 0) is 6.54 Å². The molecule has 0 saturated carbocycles. The van der Waals surface area contributed by atoms with E-state index in [0.29, 0.717) is 5.69 Å². The van der Waals surface area contributed by atoms with Gasteiger partial charge < -0.3 is 4.57 Å². The highest BCUT2D eigenvalue weighted by atomic mass is 32.2. The van der Waals surface area contributed by atoms with E-state index in [-0.39, 0.29) is 0 Å². The van der Waals surface area contributed by atoms with Gasteiger partial charge in [-0.15, -0.1) is 0 Å². The molecule has 0 aromatic carbocycles. The smallest absolute Gasteiger partial charge is 0.168 e. The summed E-state index contributed by atoms with van der Waals surface area (Å²) < 4.78 is 1.94. The Morgan fingerprint density at radius 2 is 2.70 bits per heavy atom. The average molecular weight is 154 g/mol. The number of carbonyl (C=O) groups excluding carboxylic acids is 1. The Morgan fingerprint density at radius 3 is 3.50 bits per heavy atom. The van der Waals surface area contributed by atoms with Crippen LogP contribution in [0.1, 0.15) is 10.5 Å². The van der Waals surface area contributed by atoms with Gasteiger partial charge in [0.25, 0.3) is 0 Å². The third kappa shape index (κ3) is 0.686. The minimum Gasteiger partial charge on any atom is -0.316 e. The zero-order chi connectivity index (χ0) is 6.97. The van der Waals surface area contributed by atoms with Gasteiger partial charge in [-0.25, -0.2) is 4.98 Å². The lowest BCUT2D eigenvalue weighted by Crippen LogP contribution is -1.97. The molecule has 2 heterocycles. The number of fused-ring (bicyclic) bond motifs is 1. The summed E-state index contributed by atoms with van der Waals surface area (Å²) in [6.45, 7) is 0.925. The van der Waals surface area contributed by atoms with Crippen LogP contribution in [0, 0.1) is 0 Å². The molecule has 52 valence electrons. The molecule has 1 aliphatic rings. The first-order valence-corrected chi connectivity index (χ1v) is 4.04. The summed E-state index contributed by atoms with van der Waals surface area (Å²) in [5.74, 6) is 1.05. The van der Waals surface area contributed by atoms with Gasteiger partial charge in [0.15, 0.2) is 11.4 Å². The lowest BCUT2D eigenvalue weighted by molar-refractivity contribution is 0.111. The molecule has 10 heavy (non-hydrogen) atoms. The SMILES string of the molecule is O=Cc1cnc2n1CCS2. The first-order chi connectivity index (χ1) is 4.92. The molecule has 1 aliphatic heterocycles. The molecule has 0 fully saturated rings. The number of aromatic nitrogens is 2. The van der Waals surface area contributed by atoms with Crippen LogP contribution < -0.4 is 0 Å². The number of hydrogen-bond donors (Lipinski definition) is 0. The predicted octanol–water partition coefficient (Wildman–Crippen LogP) is 0.801. The van der Waals surface area contributed by atoms with E-state index in [4.69, 9.17) is 0 Å². The van der Waals surface area contributed by atoms with Crippen molar-refractivity contribution in [2.45, 2.75) is 11.7 Å². The Hall–Kier alpha value is -0.770. The van der Waals surface area contributed by atoms with Crippen LogP contribution in [0.25, 0.3) is 0 Å². The van der Waals surface area contributed by atoms with Crippen molar-refractivity contribution in [1.29, 1.82) is 0 Å². The molecule has 0 spiro atoms. The van der Waals surface area contributed by atoms with Crippen LogP contribution in [0.5, 0.6) is 0 Å². The Balaban J connectivity index is 2.53. The molecule has 0 atom stereocenters. The van der Waals surface area contributed by atoms with Crippen LogP contribution in [0.15, 0.2) is 11.4 Å². The third-order valence-corrected chi connectivity index (χ3v) is 2.49. The van der Waals surface area contributed by atoms with E-state index in [2.05, 4.69) is 4.98 Å². The number of carbonyl (C=O) groups is 1. The van der Waals surface area contributed by atoms with Crippen molar-refractivity contribution in [2.24, 2.45) is 0 Å². The Morgan fingerprint density at radius 1 is 1.80 bits per heavy atom. The Kier molecular flexibility index (Phi) is 1.27. The van der Waals surface area contributed by atoms with Gasteiger partial charge in [0.05, 0.1) is 6.20 Å². The molecule has 0 aliphatic carbocycles. The summed E-state index contributed by atoms with van der Waals surface area (Å²) in [5.41, 5.74) is 0.694. The van der Waals surface area contributed by atoms with Crippen molar-refractivity contribution >= 4 is 18.0 Å². The average Bonchev–Trinajstić information content (AvgIpc) is 2.44. The van der Waals surface area contributed by atoms with Crippen molar-refractivity contribution in [3.05, 3.63) is 11.9 Å². The normalized spacial score (nSPS) is 15.2. The minimum atomic E-state index is 0.694. The first-order valence-electron chi connectivity index (χ1n) is 3.05. The number of hydrogen-bond acceptors (Lipinski definition) is 3. The summed E-state index contributed by atoms with van der Waals surface area (Å²) in [6, 6.07) is 0. The fourth-order valence-electron chi connectivity index (χ4n) is 1.03. The second-order valence-electron chi connectivity index (χ2n) is 2.08. The van der Waals surface area contributed by atoms with Crippen LogP contribution in [0.4, 0.5) is 0 Å². The number of thioether (sulfide) groups is 1. The molecule has 0 amide bonds. The molecule has 0 unspecified atom stereocenters. The molecular weight excluding hydrogens is 148 g/mol.